The van der Waals surface area contributed by atoms with Crippen molar-refractivity contribution in [2.45, 2.75) is 26.8 Å². The first-order chi connectivity index (χ1) is 10.1. The van der Waals surface area contributed by atoms with E-state index in [1.54, 1.807) is 6.20 Å². The number of nitrogens with one attached hydrogen (secondary N) is 1. The van der Waals surface area contributed by atoms with E-state index in [9.17, 15) is 0 Å². The van der Waals surface area contributed by atoms with Crippen LogP contribution in [0.4, 0.5) is 11.8 Å². The van der Waals surface area contributed by atoms with Crippen LogP contribution < -0.4 is 10.2 Å². The summed E-state index contributed by atoms with van der Waals surface area (Å²) in [4.78, 5) is 15.4. The number of nitrogens with zero attached hydrogens (tertiary/aromatic N) is 4. The van der Waals surface area contributed by atoms with Gasteiger partial charge in [-0.15, -0.1) is 0 Å². The van der Waals surface area contributed by atoms with Gasteiger partial charge in [0.25, 0.3) is 0 Å². The Kier molecular flexibility index (Phi) is 5.50. The highest BCUT2D eigenvalue weighted by molar-refractivity contribution is 9.10. The summed E-state index contributed by atoms with van der Waals surface area (Å²) in [7, 11) is 2.00. The van der Waals surface area contributed by atoms with Crippen LogP contribution in [-0.4, -0.2) is 28.5 Å². The number of aryl methyl sites for hydroxylation is 1. The Hall–Kier alpha value is -1.69. The molecule has 2 aromatic rings. The minimum Gasteiger partial charge on any atom is -0.354 e. The predicted octanol–water partition coefficient (Wildman–Crippen LogP) is 3.40. The Morgan fingerprint density at radius 1 is 1.29 bits per heavy atom. The third-order valence-electron chi connectivity index (χ3n) is 2.97. The van der Waals surface area contributed by atoms with Crippen LogP contribution in [0.25, 0.3) is 0 Å². The summed E-state index contributed by atoms with van der Waals surface area (Å²) in [6.07, 6.45) is 2.82. The van der Waals surface area contributed by atoms with Crippen molar-refractivity contribution in [3.8, 4) is 0 Å². The number of aromatic nitrogens is 3. The molecule has 0 aliphatic carbocycles. The second-order valence-electron chi connectivity index (χ2n) is 4.92. The topological polar surface area (TPSA) is 53.9 Å². The minimum atomic E-state index is 0.652. The maximum atomic E-state index is 4.56. The van der Waals surface area contributed by atoms with Gasteiger partial charge < -0.3 is 10.2 Å². The Morgan fingerprint density at radius 2 is 2.10 bits per heavy atom. The largest absolute Gasteiger partial charge is 0.354 e. The zero-order valence-corrected chi connectivity index (χ0v) is 14.2. The van der Waals surface area contributed by atoms with E-state index in [4.69, 9.17) is 0 Å². The van der Waals surface area contributed by atoms with Gasteiger partial charge in [0.1, 0.15) is 5.82 Å². The fourth-order valence-corrected chi connectivity index (χ4v) is 2.45. The lowest BCUT2D eigenvalue weighted by molar-refractivity contribution is 0.848. The molecule has 2 heterocycles. The molecule has 0 saturated carbocycles. The van der Waals surface area contributed by atoms with Gasteiger partial charge in [0.2, 0.25) is 5.95 Å². The number of rotatable bonds is 6. The highest BCUT2D eigenvalue weighted by Gasteiger charge is 2.11. The Balaban J connectivity index is 2.15. The van der Waals surface area contributed by atoms with Crippen LogP contribution in [-0.2, 0) is 6.54 Å². The molecule has 2 aromatic heterocycles. The molecule has 1 N–H and O–H groups in total. The second kappa shape index (κ2) is 7.36. The van der Waals surface area contributed by atoms with Crippen LogP contribution >= 0.6 is 15.9 Å². The third kappa shape index (κ3) is 4.39. The monoisotopic (exact) mass is 349 g/mol. The molecule has 0 fully saturated rings. The van der Waals surface area contributed by atoms with Gasteiger partial charge in [-0.1, -0.05) is 13.0 Å². The summed E-state index contributed by atoms with van der Waals surface area (Å²) in [5.41, 5.74) is 2.04. The highest BCUT2D eigenvalue weighted by Crippen LogP contribution is 2.24. The van der Waals surface area contributed by atoms with Crippen molar-refractivity contribution in [1.29, 1.82) is 0 Å². The smallest absolute Gasteiger partial charge is 0.224 e. The average Bonchev–Trinajstić information content (AvgIpc) is 2.46. The SMILES string of the molecule is CCCNc1ncc(Br)c(N(C)Cc2cccc(C)n2)n1. The van der Waals surface area contributed by atoms with Crippen molar-refractivity contribution in [2.75, 3.05) is 23.8 Å². The summed E-state index contributed by atoms with van der Waals surface area (Å²) in [6.45, 7) is 5.67. The maximum Gasteiger partial charge on any atom is 0.224 e. The Bertz CT molecular complexity index is 602. The molecule has 0 bridgehead atoms. The first kappa shape index (κ1) is 15.7. The molecule has 0 amide bonds. The normalized spacial score (nSPS) is 10.5. The summed E-state index contributed by atoms with van der Waals surface area (Å²) >= 11 is 3.51. The summed E-state index contributed by atoms with van der Waals surface area (Å²) in [5.74, 6) is 1.51. The third-order valence-corrected chi connectivity index (χ3v) is 3.52. The van der Waals surface area contributed by atoms with Crippen molar-refractivity contribution in [3.05, 3.63) is 40.3 Å². The van der Waals surface area contributed by atoms with Crippen LogP contribution in [0, 0.1) is 6.92 Å². The standard InChI is InChI=1S/C15H20BrN5/c1-4-8-17-15-18-9-13(16)14(20-15)21(3)10-12-7-5-6-11(2)19-12/h5-7,9H,4,8,10H2,1-3H3,(H,17,18,20). The van der Waals surface area contributed by atoms with Crippen molar-refractivity contribution in [2.24, 2.45) is 0 Å². The molecule has 0 unspecified atom stereocenters. The number of pyridine rings is 1. The van der Waals surface area contributed by atoms with Gasteiger partial charge in [0.05, 0.1) is 16.7 Å². The minimum absolute atomic E-state index is 0.652. The van der Waals surface area contributed by atoms with E-state index in [0.29, 0.717) is 12.5 Å². The molecule has 0 atom stereocenters. The lowest BCUT2D eigenvalue weighted by Gasteiger charge is -2.19. The van der Waals surface area contributed by atoms with Crippen LogP contribution in [0.1, 0.15) is 24.7 Å². The van der Waals surface area contributed by atoms with Gasteiger partial charge in [-0.25, -0.2) is 4.98 Å². The van der Waals surface area contributed by atoms with Crippen molar-refractivity contribution in [1.82, 2.24) is 15.0 Å². The average molecular weight is 350 g/mol. The van der Waals surface area contributed by atoms with Crippen molar-refractivity contribution >= 4 is 27.7 Å². The van der Waals surface area contributed by atoms with Gasteiger partial charge in [0, 0.05) is 25.5 Å². The lowest BCUT2D eigenvalue weighted by Crippen LogP contribution is -2.20. The maximum absolute atomic E-state index is 4.56. The number of anilines is 2. The first-order valence-corrected chi connectivity index (χ1v) is 7.79. The second-order valence-corrected chi connectivity index (χ2v) is 5.77. The number of halogens is 1. The summed E-state index contributed by atoms with van der Waals surface area (Å²) in [6, 6.07) is 6.04. The van der Waals surface area contributed by atoms with E-state index < -0.39 is 0 Å². The number of hydrogen-bond donors (Lipinski definition) is 1. The highest BCUT2D eigenvalue weighted by atomic mass is 79.9. The predicted molar refractivity (Wildman–Crippen MR) is 89.6 cm³/mol. The zero-order valence-electron chi connectivity index (χ0n) is 12.6. The van der Waals surface area contributed by atoms with Crippen molar-refractivity contribution in [3.63, 3.8) is 0 Å². The van der Waals surface area contributed by atoms with Crippen LogP contribution in [0.15, 0.2) is 28.9 Å². The van der Waals surface area contributed by atoms with Gasteiger partial charge >= 0.3 is 0 Å². The molecule has 0 radical (unpaired) electrons. The van der Waals surface area contributed by atoms with E-state index in [1.807, 2.05) is 32.2 Å². The van der Waals surface area contributed by atoms with E-state index in [0.717, 1.165) is 34.6 Å². The molecule has 112 valence electrons. The van der Waals surface area contributed by atoms with E-state index in [1.165, 1.54) is 0 Å². The van der Waals surface area contributed by atoms with Gasteiger partial charge in [-0.05, 0) is 41.4 Å². The fourth-order valence-electron chi connectivity index (χ4n) is 1.95. The van der Waals surface area contributed by atoms with Gasteiger partial charge in [-0.3, -0.25) is 4.98 Å². The zero-order chi connectivity index (χ0) is 15.2. The van der Waals surface area contributed by atoms with E-state index >= 15 is 0 Å². The molecule has 0 aromatic carbocycles. The Labute approximate surface area is 134 Å². The van der Waals surface area contributed by atoms with E-state index in [2.05, 4.69) is 48.0 Å². The molecule has 6 heteroatoms. The van der Waals surface area contributed by atoms with Gasteiger partial charge in [-0.2, -0.15) is 4.98 Å². The quantitative estimate of drug-likeness (QED) is 0.865. The molecule has 0 saturated heterocycles. The molecule has 21 heavy (non-hydrogen) atoms. The lowest BCUT2D eigenvalue weighted by atomic mass is 10.3. The Morgan fingerprint density at radius 3 is 2.81 bits per heavy atom. The van der Waals surface area contributed by atoms with Crippen LogP contribution in [0.3, 0.4) is 0 Å². The molecular formula is C15H20BrN5. The molecule has 0 spiro atoms. The molecular weight excluding hydrogens is 330 g/mol. The number of hydrogen-bond acceptors (Lipinski definition) is 5. The van der Waals surface area contributed by atoms with E-state index in [-0.39, 0.29) is 0 Å². The summed E-state index contributed by atoms with van der Waals surface area (Å²) < 4.78 is 0.875. The molecule has 0 aliphatic rings. The molecule has 0 aliphatic heterocycles. The first-order valence-electron chi connectivity index (χ1n) is 7.00. The van der Waals surface area contributed by atoms with Crippen LogP contribution in [0.2, 0.25) is 0 Å². The van der Waals surface area contributed by atoms with Crippen molar-refractivity contribution < 1.29 is 0 Å². The molecule has 5 nitrogen and oxygen atoms in total. The summed E-state index contributed by atoms with van der Waals surface area (Å²) in [5, 5.41) is 3.20. The fraction of sp³-hybridized carbons (Fsp3) is 0.400. The van der Waals surface area contributed by atoms with Gasteiger partial charge in [0.15, 0.2) is 0 Å². The molecule has 2 rings (SSSR count). The van der Waals surface area contributed by atoms with Crippen LogP contribution in [0.5, 0.6) is 0 Å².